The molecule has 1 heteroatoms. The van der Waals surface area contributed by atoms with Gasteiger partial charge in [-0.05, 0) is 29.6 Å². The summed E-state index contributed by atoms with van der Waals surface area (Å²) in [6.07, 6.45) is 5.65. The van der Waals surface area contributed by atoms with Gasteiger partial charge in [0.05, 0.1) is 0 Å². The van der Waals surface area contributed by atoms with E-state index in [4.69, 9.17) is 5.73 Å². The molecule has 0 amide bonds. The van der Waals surface area contributed by atoms with E-state index in [1.54, 1.807) is 0 Å². The maximum atomic E-state index is 6.12. The standard InChI is InChI=1S/C11H21N/c1-4-11(6-5-7-11)8-9(12)10(8,2)3/h8-9H,4-7,12H2,1-3H3/t8-,9-/m0/s1. The van der Waals surface area contributed by atoms with Gasteiger partial charge < -0.3 is 5.73 Å². The van der Waals surface area contributed by atoms with Crippen molar-refractivity contribution in [2.45, 2.75) is 52.5 Å². The van der Waals surface area contributed by atoms with Crippen LogP contribution in [0.15, 0.2) is 0 Å². The summed E-state index contributed by atoms with van der Waals surface area (Å²) in [5, 5.41) is 0. The van der Waals surface area contributed by atoms with Crippen molar-refractivity contribution in [3.63, 3.8) is 0 Å². The Labute approximate surface area is 75.7 Å². The molecule has 0 saturated heterocycles. The van der Waals surface area contributed by atoms with E-state index in [1.165, 1.54) is 25.7 Å². The summed E-state index contributed by atoms with van der Waals surface area (Å²) in [5.74, 6) is 0.823. The molecule has 2 N–H and O–H groups in total. The zero-order chi connectivity index (χ0) is 8.98. The molecule has 0 unspecified atom stereocenters. The summed E-state index contributed by atoms with van der Waals surface area (Å²) in [6.45, 7) is 7.00. The molecule has 12 heavy (non-hydrogen) atoms. The van der Waals surface area contributed by atoms with E-state index in [2.05, 4.69) is 20.8 Å². The largest absolute Gasteiger partial charge is 0.327 e. The second-order valence-electron chi connectivity index (χ2n) is 5.39. The van der Waals surface area contributed by atoms with Crippen molar-refractivity contribution in [1.82, 2.24) is 0 Å². The van der Waals surface area contributed by atoms with Gasteiger partial charge in [0.25, 0.3) is 0 Å². The maximum absolute atomic E-state index is 6.12. The smallest absolute Gasteiger partial charge is 0.0133 e. The van der Waals surface area contributed by atoms with Gasteiger partial charge in [-0.3, -0.25) is 0 Å². The van der Waals surface area contributed by atoms with Crippen LogP contribution in [0.5, 0.6) is 0 Å². The molecule has 70 valence electrons. The SMILES string of the molecule is CCC1([C@H]2[C@H](N)C2(C)C)CCC1. The second kappa shape index (κ2) is 2.25. The van der Waals surface area contributed by atoms with E-state index in [0.29, 0.717) is 16.9 Å². The molecule has 2 aliphatic rings. The van der Waals surface area contributed by atoms with E-state index in [1.807, 2.05) is 0 Å². The Morgan fingerprint density at radius 2 is 1.83 bits per heavy atom. The molecule has 2 rings (SSSR count). The number of hydrogen-bond acceptors (Lipinski definition) is 1. The topological polar surface area (TPSA) is 26.0 Å². The lowest BCUT2D eigenvalue weighted by molar-refractivity contribution is 0.0768. The zero-order valence-corrected chi connectivity index (χ0v) is 8.56. The van der Waals surface area contributed by atoms with Gasteiger partial charge in [-0.2, -0.15) is 0 Å². The third-order valence-electron chi connectivity index (χ3n) is 4.62. The molecular formula is C11H21N. The van der Waals surface area contributed by atoms with Crippen molar-refractivity contribution in [3.05, 3.63) is 0 Å². The zero-order valence-electron chi connectivity index (χ0n) is 8.56. The molecule has 0 heterocycles. The average Bonchev–Trinajstić information content (AvgIpc) is 2.38. The van der Waals surface area contributed by atoms with Crippen LogP contribution >= 0.6 is 0 Å². The summed E-state index contributed by atoms with van der Waals surface area (Å²) in [4.78, 5) is 0. The Morgan fingerprint density at radius 3 is 1.92 bits per heavy atom. The van der Waals surface area contributed by atoms with Crippen LogP contribution < -0.4 is 5.73 Å². The minimum Gasteiger partial charge on any atom is -0.327 e. The van der Waals surface area contributed by atoms with Gasteiger partial charge >= 0.3 is 0 Å². The van der Waals surface area contributed by atoms with Gasteiger partial charge in [0.15, 0.2) is 0 Å². The highest BCUT2D eigenvalue weighted by Crippen LogP contribution is 2.67. The van der Waals surface area contributed by atoms with Crippen molar-refractivity contribution in [3.8, 4) is 0 Å². The molecule has 0 radical (unpaired) electrons. The summed E-state index contributed by atoms with van der Waals surface area (Å²) in [5.41, 5.74) is 7.21. The Hall–Kier alpha value is -0.0400. The molecule has 2 fully saturated rings. The Morgan fingerprint density at radius 1 is 1.33 bits per heavy atom. The fraction of sp³-hybridized carbons (Fsp3) is 1.00. The molecular weight excluding hydrogens is 146 g/mol. The van der Waals surface area contributed by atoms with Gasteiger partial charge in [-0.15, -0.1) is 0 Å². The Kier molecular flexibility index (Phi) is 1.61. The van der Waals surface area contributed by atoms with Crippen LogP contribution in [0.4, 0.5) is 0 Å². The highest BCUT2D eigenvalue weighted by atomic mass is 14.9. The van der Waals surface area contributed by atoms with Gasteiger partial charge in [-0.25, -0.2) is 0 Å². The molecule has 2 atom stereocenters. The van der Waals surface area contributed by atoms with E-state index in [0.717, 1.165) is 5.92 Å². The molecule has 0 spiro atoms. The van der Waals surface area contributed by atoms with Crippen LogP contribution in [0.3, 0.4) is 0 Å². The lowest BCUT2D eigenvalue weighted by atomic mass is 9.62. The fourth-order valence-corrected chi connectivity index (χ4v) is 3.36. The van der Waals surface area contributed by atoms with Crippen molar-refractivity contribution < 1.29 is 0 Å². The van der Waals surface area contributed by atoms with E-state index < -0.39 is 0 Å². The molecule has 0 aliphatic heterocycles. The average molecular weight is 167 g/mol. The van der Waals surface area contributed by atoms with E-state index in [-0.39, 0.29) is 0 Å². The summed E-state index contributed by atoms with van der Waals surface area (Å²) in [7, 11) is 0. The van der Waals surface area contributed by atoms with Gasteiger partial charge in [0, 0.05) is 6.04 Å². The highest BCUT2D eigenvalue weighted by molar-refractivity contribution is 5.17. The van der Waals surface area contributed by atoms with E-state index >= 15 is 0 Å². The number of nitrogens with two attached hydrogens (primary N) is 1. The van der Waals surface area contributed by atoms with Crippen LogP contribution in [-0.4, -0.2) is 6.04 Å². The minimum absolute atomic E-state index is 0.441. The van der Waals surface area contributed by atoms with Gasteiger partial charge in [-0.1, -0.05) is 33.6 Å². The third-order valence-corrected chi connectivity index (χ3v) is 4.62. The van der Waals surface area contributed by atoms with Crippen LogP contribution in [0.25, 0.3) is 0 Å². The van der Waals surface area contributed by atoms with Crippen LogP contribution in [0.1, 0.15) is 46.5 Å². The molecule has 0 aromatic heterocycles. The Bertz CT molecular complexity index is 186. The van der Waals surface area contributed by atoms with Gasteiger partial charge in [0.2, 0.25) is 0 Å². The van der Waals surface area contributed by atoms with Crippen LogP contribution in [-0.2, 0) is 0 Å². The maximum Gasteiger partial charge on any atom is 0.0133 e. The second-order valence-corrected chi connectivity index (χ2v) is 5.39. The molecule has 0 aromatic carbocycles. The quantitative estimate of drug-likeness (QED) is 0.672. The lowest BCUT2D eigenvalue weighted by Gasteiger charge is -2.43. The number of rotatable bonds is 2. The highest BCUT2D eigenvalue weighted by Gasteiger charge is 2.65. The fourth-order valence-electron chi connectivity index (χ4n) is 3.36. The Balaban J connectivity index is 2.11. The molecule has 0 aromatic rings. The first-order valence-electron chi connectivity index (χ1n) is 5.30. The normalized spacial score (nSPS) is 42.0. The van der Waals surface area contributed by atoms with Gasteiger partial charge in [0.1, 0.15) is 0 Å². The summed E-state index contributed by atoms with van der Waals surface area (Å²) >= 11 is 0. The van der Waals surface area contributed by atoms with Crippen molar-refractivity contribution in [2.75, 3.05) is 0 Å². The predicted octanol–water partition coefficient (Wildman–Crippen LogP) is 2.55. The third kappa shape index (κ3) is 0.834. The first kappa shape index (κ1) is 8.55. The predicted molar refractivity (Wildman–Crippen MR) is 51.8 cm³/mol. The molecule has 2 saturated carbocycles. The van der Waals surface area contributed by atoms with E-state index in [9.17, 15) is 0 Å². The first-order chi connectivity index (χ1) is 5.54. The molecule has 1 nitrogen and oxygen atoms in total. The summed E-state index contributed by atoms with van der Waals surface area (Å²) < 4.78 is 0. The lowest BCUT2D eigenvalue weighted by Crippen LogP contribution is -2.33. The van der Waals surface area contributed by atoms with Crippen molar-refractivity contribution >= 4 is 0 Å². The minimum atomic E-state index is 0.441. The monoisotopic (exact) mass is 167 g/mol. The van der Waals surface area contributed by atoms with Crippen LogP contribution in [0, 0.1) is 16.7 Å². The number of hydrogen-bond donors (Lipinski definition) is 1. The van der Waals surface area contributed by atoms with Crippen molar-refractivity contribution in [1.29, 1.82) is 0 Å². The van der Waals surface area contributed by atoms with Crippen LogP contribution in [0.2, 0.25) is 0 Å². The summed E-state index contributed by atoms with van der Waals surface area (Å²) in [6, 6.07) is 0.484. The first-order valence-corrected chi connectivity index (χ1v) is 5.30. The molecule has 2 aliphatic carbocycles. The van der Waals surface area contributed by atoms with Crippen molar-refractivity contribution in [2.24, 2.45) is 22.5 Å². The molecule has 0 bridgehead atoms.